The highest BCUT2D eigenvalue weighted by Gasteiger charge is 2.16. The van der Waals surface area contributed by atoms with Gasteiger partial charge in [-0.2, -0.15) is 8.78 Å². The van der Waals surface area contributed by atoms with Crippen LogP contribution in [0.5, 0.6) is 5.75 Å². The van der Waals surface area contributed by atoms with E-state index in [1.54, 1.807) is 0 Å². The fourth-order valence-electron chi connectivity index (χ4n) is 0.971. The maximum Gasteiger partial charge on any atom is 0.387 e. The van der Waals surface area contributed by atoms with Gasteiger partial charge in [-0.3, -0.25) is 4.79 Å². The van der Waals surface area contributed by atoms with E-state index >= 15 is 0 Å². The van der Waals surface area contributed by atoms with Crippen molar-refractivity contribution in [2.24, 2.45) is 0 Å². The third kappa shape index (κ3) is 2.04. The van der Waals surface area contributed by atoms with Crippen LogP contribution in [0, 0.1) is 12.7 Å². The Kier molecular flexibility index (Phi) is 3.11. The lowest BCUT2D eigenvalue weighted by atomic mass is 10.1. The van der Waals surface area contributed by atoms with E-state index in [0.717, 1.165) is 0 Å². The average Bonchev–Trinajstić information content (AvgIpc) is 2.13. The monoisotopic (exact) mass is 204 g/mol. The SMILES string of the molecule is Cc1ccc(C=O)c(OC(F)F)c1F. The van der Waals surface area contributed by atoms with Crippen molar-refractivity contribution in [1.82, 2.24) is 0 Å². The minimum absolute atomic E-state index is 0.145. The summed E-state index contributed by atoms with van der Waals surface area (Å²) in [6, 6.07) is 2.54. The fraction of sp³-hybridized carbons (Fsp3) is 0.222. The number of rotatable bonds is 3. The number of alkyl halides is 2. The predicted molar refractivity (Wildman–Crippen MR) is 43.2 cm³/mol. The summed E-state index contributed by atoms with van der Waals surface area (Å²) in [4.78, 5) is 10.4. The molecule has 0 spiro atoms. The van der Waals surface area contributed by atoms with Crippen LogP contribution in [0.2, 0.25) is 0 Å². The van der Waals surface area contributed by atoms with E-state index in [1.165, 1.54) is 19.1 Å². The number of carbonyl (C=O) groups excluding carboxylic acids is 1. The van der Waals surface area contributed by atoms with E-state index in [1.807, 2.05) is 0 Å². The third-order valence-corrected chi connectivity index (χ3v) is 1.65. The number of hydrogen-bond donors (Lipinski definition) is 0. The second kappa shape index (κ2) is 4.13. The van der Waals surface area contributed by atoms with Crippen molar-refractivity contribution in [3.8, 4) is 5.75 Å². The molecular formula is C9H7F3O2. The number of benzene rings is 1. The molecular weight excluding hydrogens is 197 g/mol. The van der Waals surface area contributed by atoms with Gasteiger partial charge in [0.05, 0.1) is 5.56 Å². The molecule has 14 heavy (non-hydrogen) atoms. The van der Waals surface area contributed by atoms with Crippen molar-refractivity contribution in [3.63, 3.8) is 0 Å². The average molecular weight is 204 g/mol. The van der Waals surface area contributed by atoms with Crippen molar-refractivity contribution in [2.45, 2.75) is 13.5 Å². The number of carbonyl (C=O) groups is 1. The van der Waals surface area contributed by atoms with E-state index in [4.69, 9.17) is 0 Å². The van der Waals surface area contributed by atoms with Gasteiger partial charge >= 0.3 is 6.61 Å². The Balaban J connectivity index is 3.20. The molecule has 0 N–H and O–H groups in total. The summed E-state index contributed by atoms with van der Waals surface area (Å²) in [5, 5.41) is 0. The molecule has 1 aromatic carbocycles. The number of aryl methyl sites for hydroxylation is 1. The lowest BCUT2D eigenvalue weighted by Gasteiger charge is -2.09. The molecule has 0 amide bonds. The number of ether oxygens (including phenoxy) is 1. The Morgan fingerprint density at radius 2 is 2.07 bits per heavy atom. The molecule has 0 bridgehead atoms. The summed E-state index contributed by atoms with van der Waals surface area (Å²) in [6.07, 6.45) is 0.264. The molecule has 0 aromatic heterocycles. The summed E-state index contributed by atoms with van der Waals surface area (Å²) in [5.74, 6) is -1.63. The standard InChI is InChI=1S/C9H7F3O2/c1-5-2-3-6(4-13)8(7(5)10)14-9(11)12/h2-4,9H,1H3. The molecule has 2 nitrogen and oxygen atoms in total. The van der Waals surface area contributed by atoms with Crippen LogP contribution < -0.4 is 4.74 Å². The highest BCUT2D eigenvalue weighted by atomic mass is 19.3. The van der Waals surface area contributed by atoms with Crippen molar-refractivity contribution in [2.75, 3.05) is 0 Å². The van der Waals surface area contributed by atoms with Gasteiger partial charge in [0, 0.05) is 0 Å². The quantitative estimate of drug-likeness (QED) is 0.707. The van der Waals surface area contributed by atoms with E-state index in [-0.39, 0.29) is 17.4 Å². The van der Waals surface area contributed by atoms with E-state index in [9.17, 15) is 18.0 Å². The molecule has 0 radical (unpaired) electrons. The van der Waals surface area contributed by atoms with Crippen LogP contribution in [0.15, 0.2) is 12.1 Å². The van der Waals surface area contributed by atoms with Gasteiger partial charge in [0.25, 0.3) is 0 Å². The number of halogens is 3. The van der Waals surface area contributed by atoms with Crippen LogP contribution in [0.4, 0.5) is 13.2 Å². The number of aldehydes is 1. The van der Waals surface area contributed by atoms with E-state index in [2.05, 4.69) is 4.74 Å². The minimum Gasteiger partial charge on any atom is -0.431 e. The highest BCUT2D eigenvalue weighted by Crippen LogP contribution is 2.25. The fourth-order valence-corrected chi connectivity index (χ4v) is 0.971. The van der Waals surface area contributed by atoms with Gasteiger partial charge in [0.1, 0.15) is 0 Å². The van der Waals surface area contributed by atoms with Gasteiger partial charge in [0.2, 0.25) is 0 Å². The molecule has 1 aromatic rings. The zero-order valence-corrected chi connectivity index (χ0v) is 7.26. The van der Waals surface area contributed by atoms with Crippen LogP contribution >= 0.6 is 0 Å². The largest absolute Gasteiger partial charge is 0.431 e. The van der Waals surface area contributed by atoms with Crippen LogP contribution in [0.25, 0.3) is 0 Å². The Morgan fingerprint density at radius 3 is 2.57 bits per heavy atom. The normalized spacial score (nSPS) is 10.4. The van der Waals surface area contributed by atoms with E-state index in [0.29, 0.717) is 0 Å². The molecule has 0 fully saturated rings. The van der Waals surface area contributed by atoms with Crippen molar-refractivity contribution >= 4 is 6.29 Å². The topological polar surface area (TPSA) is 26.3 Å². The van der Waals surface area contributed by atoms with Gasteiger partial charge in [-0.25, -0.2) is 4.39 Å². The molecule has 0 saturated carbocycles. The Morgan fingerprint density at radius 1 is 1.43 bits per heavy atom. The molecule has 0 aliphatic heterocycles. The summed E-state index contributed by atoms with van der Waals surface area (Å²) in [5.41, 5.74) is -0.0837. The van der Waals surface area contributed by atoms with Gasteiger partial charge in [-0.05, 0) is 18.6 Å². The summed E-state index contributed by atoms with van der Waals surface area (Å²) >= 11 is 0. The minimum atomic E-state index is -3.15. The molecule has 0 aliphatic carbocycles. The second-order valence-corrected chi connectivity index (χ2v) is 2.61. The van der Waals surface area contributed by atoms with Gasteiger partial charge in [0.15, 0.2) is 17.9 Å². The van der Waals surface area contributed by atoms with Crippen molar-refractivity contribution in [3.05, 3.63) is 29.1 Å². The Bertz CT molecular complexity index is 350. The Hall–Kier alpha value is -1.52. The smallest absolute Gasteiger partial charge is 0.387 e. The third-order valence-electron chi connectivity index (χ3n) is 1.65. The second-order valence-electron chi connectivity index (χ2n) is 2.61. The van der Waals surface area contributed by atoms with Crippen LogP contribution in [-0.2, 0) is 0 Å². The molecule has 0 saturated heterocycles. The maximum atomic E-state index is 13.2. The first kappa shape index (κ1) is 10.6. The van der Waals surface area contributed by atoms with Gasteiger partial charge in [-0.1, -0.05) is 6.07 Å². The van der Waals surface area contributed by atoms with Crippen LogP contribution in [-0.4, -0.2) is 12.9 Å². The highest BCUT2D eigenvalue weighted by molar-refractivity contribution is 5.79. The molecule has 0 atom stereocenters. The number of hydrogen-bond acceptors (Lipinski definition) is 2. The first-order chi connectivity index (χ1) is 6.56. The zero-order valence-electron chi connectivity index (χ0n) is 7.26. The first-order valence-corrected chi connectivity index (χ1v) is 3.75. The maximum absolute atomic E-state index is 13.2. The molecule has 0 heterocycles. The summed E-state index contributed by atoms with van der Waals surface area (Å²) < 4.78 is 40.8. The predicted octanol–water partition coefficient (Wildman–Crippen LogP) is 2.55. The lowest BCUT2D eigenvalue weighted by Crippen LogP contribution is -2.07. The Labute approximate surface area is 78.3 Å². The molecule has 1 rings (SSSR count). The van der Waals surface area contributed by atoms with E-state index < -0.39 is 18.2 Å². The molecule has 76 valence electrons. The van der Waals surface area contributed by atoms with Gasteiger partial charge in [-0.15, -0.1) is 0 Å². The van der Waals surface area contributed by atoms with Crippen LogP contribution in [0.1, 0.15) is 15.9 Å². The lowest BCUT2D eigenvalue weighted by molar-refractivity contribution is -0.0524. The van der Waals surface area contributed by atoms with Crippen molar-refractivity contribution in [1.29, 1.82) is 0 Å². The zero-order chi connectivity index (χ0) is 10.7. The molecule has 0 aliphatic rings. The van der Waals surface area contributed by atoms with Crippen LogP contribution in [0.3, 0.4) is 0 Å². The van der Waals surface area contributed by atoms with Gasteiger partial charge < -0.3 is 4.74 Å². The first-order valence-electron chi connectivity index (χ1n) is 3.75. The molecule has 0 unspecified atom stereocenters. The summed E-state index contributed by atoms with van der Waals surface area (Å²) in [6.45, 7) is -1.76. The molecule has 5 heteroatoms. The van der Waals surface area contributed by atoms with Crippen molar-refractivity contribution < 1.29 is 22.7 Å². The summed E-state index contributed by atoms with van der Waals surface area (Å²) in [7, 11) is 0.